The number of hydrogen-bond acceptors (Lipinski definition) is 3. The molecule has 114 valence electrons. The van der Waals surface area contributed by atoms with Gasteiger partial charge in [-0.2, -0.15) is 0 Å². The van der Waals surface area contributed by atoms with Gasteiger partial charge in [-0.3, -0.25) is 10.1 Å². The molecule has 1 unspecified atom stereocenters. The van der Waals surface area contributed by atoms with Crippen molar-refractivity contribution in [2.24, 2.45) is 0 Å². The second-order valence-corrected chi connectivity index (χ2v) is 6.07. The Morgan fingerprint density at radius 3 is 2.76 bits per heavy atom. The van der Waals surface area contributed by atoms with Gasteiger partial charge in [0.15, 0.2) is 0 Å². The molecule has 0 bridgehead atoms. The minimum absolute atomic E-state index is 0.0723. The SMILES string of the molecule is CC(C)OCCN1C(=O)C2(CC2)NC1c1ccccc1F. The van der Waals surface area contributed by atoms with Crippen molar-refractivity contribution in [3.63, 3.8) is 0 Å². The first-order chi connectivity index (χ1) is 10.0. The van der Waals surface area contributed by atoms with E-state index < -0.39 is 11.7 Å². The standard InChI is InChI=1S/C16H21FN2O2/c1-11(2)21-10-9-19-14(12-5-3-4-6-13(12)17)18-16(7-8-16)15(19)20/h3-6,11,14,18H,7-10H2,1-2H3. The molecule has 4 nitrogen and oxygen atoms in total. The Hall–Kier alpha value is -1.46. The molecule has 1 saturated heterocycles. The average Bonchev–Trinajstić information content (AvgIpc) is 3.17. The lowest BCUT2D eigenvalue weighted by Gasteiger charge is -2.25. The molecule has 1 aromatic carbocycles. The quantitative estimate of drug-likeness (QED) is 0.904. The third-order valence-electron chi connectivity index (χ3n) is 4.13. The Morgan fingerprint density at radius 1 is 1.43 bits per heavy atom. The fourth-order valence-electron chi connectivity index (χ4n) is 2.84. The van der Waals surface area contributed by atoms with Gasteiger partial charge < -0.3 is 9.64 Å². The summed E-state index contributed by atoms with van der Waals surface area (Å²) in [6.45, 7) is 4.86. The number of nitrogens with zero attached hydrogens (tertiary/aromatic N) is 1. The molecular formula is C16H21FN2O2. The van der Waals surface area contributed by atoms with Crippen LogP contribution in [0.5, 0.6) is 0 Å². The van der Waals surface area contributed by atoms with Gasteiger partial charge in [0, 0.05) is 12.1 Å². The molecule has 1 N–H and O–H groups in total. The van der Waals surface area contributed by atoms with Crippen LogP contribution in [0.15, 0.2) is 24.3 Å². The molecule has 2 aliphatic rings. The van der Waals surface area contributed by atoms with E-state index >= 15 is 0 Å². The molecule has 1 saturated carbocycles. The van der Waals surface area contributed by atoms with Gasteiger partial charge in [0.2, 0.25) is 5.91 Å². The van der Waals surface area contributed by atoms with Crippen molar-refractivity contribution in [3.05, 3.63) is 35.6 Å². The number of hydrogen-bond donors (Lipinski definition) is 1. The van der Waals surface area contributed by atoms with Crippen LogP contribution in [0, 0.1) is 5.82 Å². The maximum absolute atomic E-state index is 14.1. The van der Waals surface area contributed by atoms with Crippen LogP contribution < -0.4 is 5.32 Å². The summed E-state index contributed by atoms with van der Waals surface area (Å²) < 4.78 is 19.6. The van der Waals surface area contributed by atoms with Crippen molar-refractivity contribution in [2.75, 3.05) is 13.2 Å². The second-order valence-electron chi connectivity index (χ2n) is 6.07. The molecule has 0 aromatic heterocycles. The number of carbonyl (C=O) groups is 1. The molecular weight excluding hydrogens is 271 g/mol. The van der Waals surface area contributed by atoms with Crippen molar-refractivity contribution < 1.29 is 13.9 Å². The Bertz CT molecular complexity index is 543. The summed E-state index contributed by atoms with van der Waals surface area (Å²) in [7, 11) is 0. The summed E-state index contributed by atoms with van der Waals surface area (Å²) >= 11 is 0. The summed E-state index contributed by atoms with van der Waals surface area (Å²) in [5.74, 6) is -0.210. The second kappa shape index (κ2) is 5.39. The van der Waals surface area contributed by atoms with Gasteiger partial charge in [0.1, 0.15) is 17.5 Å². The first-order valence-corrected chi connectivity index (χ1v) is 7.48. The van der Waals surface area contributed by atoms with E-state index in [-0.39, 0.29) is 17.8 Å². The highest BCUT2D eigenvalue weighted by Gasteiger charge is 2.59. The van der Waals surface area contributed by atoms with Gasteiger partial charge in [-0.25, -0.2) is 4.39 Å². The van der Waals surface area contributed by atoms with Crippen LogP contribution in [0.3, 0.4) is 0 Å². The number of nitrogens with one attached hydrogen (secondary N) is 1. The van der Waals surface area contributed by atoms with E-state index in [0.717, 1.165) is 12.8 Å². The van der Waals surface area contributed by atoms with Crippen LogP contribution in [0.2, 0.25) is 0 Å². The van der Waals surface area contributed by atoms with Gasteiger partial charge in [0.05, 0.1) is 12.7 Å². The molecule has 0 radical (unpaired) electrons. The molecule has 1 atom stereocenters. The van der Waals surface area contributed by atoms with Crippen molar-refractivity contribution in [3.8, 4) is 0 Å². The van der Waals surface area contributed by atoms with Crippen LogP contribution >= 0.6 is 0 Å². The summed E-state index contributed by atoms with van der Waals surface area (Å²) in [5.41, 5.74) is 0.0734. The molecule has 1 amide bonds. The van der Waals surface area contributed by atoms with Crippen LogP contribution in [0.1, 0.15) is 38.4 Å². The molecule has 1 aliphatic carbocycles. The number of ether oxygens (including phenoxy) is 1. The van der Waals surface area contributed by atoms with Gasteiger partial charge in [0.25, 0.3) is 0 Å². The zero-order valence-corrected chi connectivity index (χ0v) is 12.4. The maximum atomic E-state index is 14.1. The lowest BCUT2D eigenvalue weighted by molar-refractivity contribution is -0.131. The fourth-order valence-corrected chi connectivity index (χ4v) is 2.84. The molecule has 3 rings (SSSR count). The van der Waals surface area contributed by atoms with Crippen molar-refractivity contribution in [2.45, 2.75) is 44.5 Å². The summed E-state index contributed by atoms with van der Waals surface area (Å²) in [6, 6.07) is 6.63. The van der Waals surface area contributed by atoms with Crippen molar-refractivity contribution in [1.82, 2.24) is 10.2 Å². The highest BCUT2D eigenvalue weighted by atomic mass is 19.1. The van der Waals surface area contributed by atoms with Gasteiger partial charge in [-0.15, -0.1) is 0 Å². The monoisotopic (exact) mass is 292 g/mol. The molecule has 1 spiro atoms. The van der Waals surface area contributed by atoms with Gasteiger partial charge in [-0.1, -0.05) is 18.2 Å². The number of benzene rings is 1. The normalized spacial score (nSPS) is 23.3. The van der Waals surface area contributed by atoms with Gasteiger partial charge in [-0.05, 0) is 32.8 Å². The third-order valence-corrected chi connectivity index (χ3v) is 4.13. The molecule has 2 fully saturated rings. The van der Waals surface area contributed by atoms with E-state index in [4.69, 9.17) is 4.74 Å². The van der Waals surface area contributed by atoms with E-state index in [0.29, 0.717) is 18.7 Å². The van der Waals surface area contributed by atoms with E-state index in [1.807, 2.05) is 13.8 Å². The summed E-state index contributed by atoms with van der Waals surface area (Å²) in [5, 5.41) is 3.32. The molecule has 21 heavy (non-hydrogen) atoms. The highest BCUT2D eigenvalue weighted by molar-refractivity contribution is 5.92. The lowest BCUT2D eigenvalue weighted by atomic mass is 10.1. The van der Waals surface area contributed by atoms with Gasteiger partial charge >= 0.3 is 0 Å². The molecule has 5 heteroatoms. The average molecular weight is 292 g/mol. The minimum Gasteiger partial charge on any atom is -0.377 e. The fraction of sp³-hybridized carbons (Fsp3) is 0.562. The number of rotatable bonds is 5. The zero-order valence-electron chi connectivity index (χ0n) is 12.4. The van der Waals surface area contributed by atoms with Crippen molar-refractivity contribution in [1.29, 1.82) is 0 Å². The largest absolute Gasteiger partial charge is 0.377 e. The molecule has 1 aromatic rings. The smallest absolute Gasteiger partial charge is 0.244 e. The van der Waals surface area contributed by atoms with E-state index in [1.54, 1.807) is 23.1 Å². The van der Waals surface area contributed by atoms with Crippen LogP contribution in [-0.4, -0.2) is 35.6 Å². The maximum Gasteiger partial charge on any atom is 0.244 e. The van der Waals surface area contributed by atoms with E-state index in [9.17, 15) is 9.18 Å². The predicted molar refractivity (Wildman–Crippen MR) is 77.0 cm³/mol. The zero-order chi connectivity index (χ0) is 15.0. The number of carbonyl (C=O) groups excluding carboxylic acids is 1. The van der Waals surface area contributed by atoms with E-state index in [2.05, 4.69) is 5.32 Å². The number of amides is 1. The molecule has 1 aliphatic heterocycles. The Morgan fingerprint density at radius 2 is 2.14 bits per heavy atom. The number of halogens is 1. The van der Waals surface area contributed by atoms with E-state index in [1.165, 1.54) is 6.07 Å². The Kier molecular flexibility index (Phi) is 3.71. The summed E-state index contributed by atoms with van der Waals surface area (Å²) in [4.78, 5) is 14.3. The van der Waals surface area contributed by atoms with Crippen LogP contribution in [-0.2, 0) is 9.53 Å². The Labute approximate surface area is 124 Å². The summed E-state index contributed by atoms with van der Waals surface area (Å²) in [6.07, 6.45) is 1.39. The van der Waals surface area contributed by atoms with Crippen LogP contribution in [0.25, 0.3) is 0 Å². The van der Waals surface area contributed by atoms with Crippen LogP contribution in [0.4, 0.5) is 4.39 Å². The minimum atomic E-state index is -0.454. The topological polar surface area (TPSA) is 41.6 Å². The predicted octanol–water partition coefficient (Wildman–Crippen LogP) is 2.21. The first-order valence-electron chi connectivity index (χ1n) is 7.48. The molecule has 1 heterocycles. The van der Waals surface area contributed by atoms with Crippen molar-refractivity contribution >= 4 is 5.91 Å². The third kappa shape index (κ3) is 2.68. The lowest BCUT2D eigenvalue weighted by Crippen LogP contribution is -2.35. The Balaban J connectivity index is 1.80. The first kappa shape index (κ1) is 14.5. The highest BCUT2D eigenvalue weighted by Crippen LogP contribution is 2.46.